The van der Waals surface area contributed by atoms with Gasteiger partial charge in [-0.15, -0.1) is 13.2 Å². The van der Waals surface area contributed by atoms with E-state index in [1.54, 1.807) is 6.07 Å². The van der Waals surface area contributed by atoms with E-state index < -0.39 is 41.2 Å². The van der Waals surface area contributed by atoms with Gasteiger partial charge < -0.3 is 9.47 Å². The molecule has 0 saturated heterocycles. The number of methoxy groups -OCH3 is 1. The normalized spacial score (nSPS) is 11.8. The van der Waals surface area contributed by atoms with Crippen molar-refractivity contribution in [2.75, 3.05) is 13.7 Å². The van der Waals surface area contributed by atoms with E-state index in [9.17, 15) is 30.7 Å². The molecule has 0 fully saturated rings. The van der Waals surface area contributed by atoms with E-state index in [2.05, 4.69) is 4.74 Å². The molecular weight excluding hydrogens is 520 g/mol. The minimum atomic E-state index is -5.26. The Morgan fingerprint density at radius 3 is 1.89 bits per heavy atom. The average molecular weight is 540 g/mol. The summed E-state index contributed by atoms with van der Waals surface area (Å²) < 4.78 is 118. The fourth-order valence-corrected chi connectivity index (χ4v) is 4.20. The average Bonchev–Trinajstić information content (AvgIpc) is 2.83. The van der Waals surface area contributed by atoms with Gasteiger partial charge in [0.1, 0.15) is 17.5 Å². The molecule has 0 saturated carbocycles. The molecule has 4 rings (SSSR count). The lowest BCUT2D eigenvalue weighted by Gasteiger charge is -2.13. The van der Waals surface area contributed by atoms with Gasteiger partial charge in [-0.05, 0) is 77.2 Å². The number of hydrogen-bond acceptors (Lipinski definition) is 2. The summed E-state index contributed by atoms with van der Waals surface area (Å²) in [5.41, 5.74) is 0.583. The molecular formula is C28H20F8O2. The van der Waals surface area contributed by atoms with Crippen LogP contribution in [0.15, 0.2) is 54.6 Å². The van der Waals surface area contributed by atoms with Crippen molar-refractivity contribution in [3.05, 3.63) is 100 Å². The highest BCUT2D eigenvalue weighted by Crippen LogP contribution is 2.33. The van der Waals surface area contributed by atoms with Crippen LogP contribution in [0, 0.1) is 29.1 Å². The number of rotatable bonds is 8. The van der Waals surface area contributed by atoms with Crippen LogP contribution in [0.2, 0.25) is 0 Å². The van der Waals surface area contributed by atoms with Crippen molar-refractivity contribution < 1.29 is 44.6 Å². The molecule has 0 atom stereocenters. The molecule has 200 valence electrons. The molecule has 0 heterocycles. The van der Waals surface area contributed by atoms with E-state index in [1.807, 2.05) is 0 Å². The van der Waals surface area contributed by atoms with E-state index >= 15 is 4.39 Å². The van der Waals surface area contributed by atoms with Crippen molar-refractivity contribution in [1.29, 1.82) is 0 Å². The maximum Gasteiger partial charge on any atom is 0.573 e. The summed E-state index contributed by atoms with van der Waals surface area (Å²) in [7, 11) is 1.48. The molecule has 0 amide bonds. The minimum Gasteiger partial charge on any atom is -0.399 e. The first-order valence-corrected chi connectivity index (χ1v) is 11.4. The van der Waals surface area contributed by atoms with Crippen molar-refractivity contribution in [2.24, 2.45) is 0 Å². The van der Waals surface area contributed by atoms with Gasteiger partial charge in [0.05, 0.1) is 12.2 Å². The third-order valence-corrected chi connectivity index (χ3v) is 5.98. The fraction of sp³-hybridized carbons (Fsp3) is 0.214. The van der Waals surface area contributed by atoms with Gasteiger partial charge in [-0.3, -0.25) is 0 Å². The number of alkyl halides is 3. The SMILES string of the molecule is COCCc1cc(F)c(-c2ccc3c(F)c(CCc4cc(F)c(OC(F)(F)F)c(F)c4)ccc3c2)c(F)c1. The summed E-state index contributed by atoms with van der Waals surface area (Å²) in [5, 5.41) is 0.534. The first-order valence-electron chi connectivity index (χ1n) is 11.4. The molecule has 4 aromatic carbocycles. The van der Waals surface area contributed by atoms with E-state index in [1.165, 1.54) is 43.5 Å². The Balaban J connectivity index is 1.56. The van der Waals surface area contributed by atoms with Crippen LogP contribution in [-0.4, -0.2) is 20.1 Å². The number of fused-ring (bicyclic) bond motifs is 1. The monoisotopic (exact) mass is 540 g/mol. The summed E-state index contributed by atoms with van der Waals surface area (Å²) >= 11 is 0. The molecule has 0 bridgehead atoms. The predicted octanol–water partition coefficient (Wildman–Crippen LogP) is 8.08. The van der Waals surface area contributed by atoms with Gasteiger partial charge in [0.25, 0.3) is 0 Å². The largest absolute Gasteiger partial charge is 0.573 e. The zero-order chi connectivity index (χ0) is 27.6. The van der Waals surface area contributed by atoms with E-state index in [0.29, 0.717) is 36.1 Å². The van der Waals surface area contributed by atoms with Crippen LogP contribution >= 0.6 is 0 Å². The molecule has 0 aromatic heterocycles. The molecule has 0 N–H and O–H groups in total. The Morgan fingerprint density at radius 2 is 1.29 bits per heavy atom. The fourth-order valence-electron chi connectivity index (χ4n) is 4.20. The lowest BCUT2D eigenvalue weighted by molar-refractivity contribution is -0.276. The second-order valence-corrected chi connectivity index (χ2v) is 8.59. The van der Waals surface area contributed by atoms with Crippen molar-refractivity contribution in [3.8, 4) is 16.9 Å². The number of ether oxygens (including phenoxy) is 2. The Labute approximate surface area is 212 Å². The zero-order valence-electron chi connectivity index (χ0n) is 19.9. The molecule has 0 spiro atoms. The second-order valence-electron chi connectivity index (χ2n) is 8.59. The quantitative estimate of drug-likeness (QED) is 0.211. The maximum atomic E-state index is 15.2. The first-order chi connectivity index (χ1) is 18.0. The summed E-state index contributed by atoms with van der Waals surface area (Å²) in [6.07, 6.45) is -5.02. The van der Waals surface area contributed by atoms with Gasteiger partial charge in [0, 0.05) is 12.5 Å². The van der Waals surface area contributed by atoms with Gasteiger partial charge in [-0.2, -0.15) is 0 Å². The Kier molecular flexibility index (Phi) is 7.91. The van der Waals surface area contributed by atoms with E-state index in [0.717, 1.165) is 0 Å². The Morgan fingerprint density at radius 1 is 0.684 bits per heavy atom. The van der Waals surface area contributed by atoms with Gasteiger partial charge in [0.2, 0.25) is 5.75 Å². The second kappa shape index (κ2) is 11.0. The summed E-state index contributed by atoms with van der Waals surface area (Å²) in [5.74, 6) is -6.79. The van der Waals surface area contributed by atoms with Crippen LogP contribution in [0.4, 0.5) is 35.1 Å². The van der Waals surface area contributed by atoms with Crippen molar-refractivity contribution >= 4 is 10.8 Å². The number of hydrogen-bond donors (Lipinski definition) is 0. The van der Waals surface area contributed by atoms with Crippen LogP contribution in [0.3, 0.4) is 0 Å². The summed E-state index contributed by atoms with van der Waals surface area (Å²) in [6, 6.07) is 11.0. The topological polar surface area (TPSA) is 18.5 Å². The molecule has 38 heavy (non-hydrogen) atoms. The molecule has 2 nitrogen and oxygen atoms in total. The highest BCUT2D eigenvalue weighted by atomic mass is 19.4. The van der Waals surface area contributed by atoms with Gasteiger partial charge in [0.15, 0.2) is 11.6 Å². The molecule has 0 aliphatic carbocycles. The molecule has 0 aliphatic heterocycles. The van der Waals surface area contributed by atoms with Crippen LogP contribution in [-0.2, 0) is 24.0 Å². The lowest BCUT2D eigenvalue weighted by Crippen LogP contribution is -2.19. The zero-order valence-corrected chi connectivity index (χ0v) is 19.9. The van der Waals surface area contributed by atoms with Crippen molar-refractivity contribution in [2.45, 2.75) is 25.6 Å². The summed E-state index contributed by atoms with van der Waals surface area (Å²) in [6.45, 7) is 0.303. The van der Waals surface area contributed by atoms with Gasteiger partial charge >= 0.3 is 6.36 Å². The van der Waals surface area contributed by atoms with Crippen LogP contribution in [0.25, 0.3) is 21.9 Å². The molecule has 0 unspecified atom stereocenters. The first kappa shape index (κ1) is 27.4. The van der Waals surface area contributed by atoms with Crippen LogP contribution in [0.1, 0.15) is 16.7 Å². The molecule has 0 radical (unpaired) electrons. The van der Waals surface area contributed by atoms with Gasteiger partial charge in [-0.25, -0.2) is 22.0 Å². The van der Waals surface area contributed by atoms with Crippen LogP contribution in [0.5, 0.6) is 5.75 Å². The third kappa shape index (κ3) is 6.07. The van der Waals surface area contributed by atoms with Crippen molar-refractivity contribution in [3.63, 3.8) is 0 Å². The maximum absolute atomic E-state index is 15.2. The third-order valence-electron chi connectivity index (χ3n) is 5.98. The Hall–Kier alpha value is -3.66. The molecule has 4 aromatic rings. The summed E-state index contributed by atoms with van der Waals surface area (Å²) in [4.78, 5) is 0. The highest BCUT2D eigenvalue weighted by molar-refractivity contribution is 5.88. The smallest absolute Gasteiger partial charge is 0.399 e. The molecule has 0 aliphatic rings. The molecule has 10 heteroatoms. The van der Waals surface area contributed by atoms with E-state index in [-0.39, 0.29) is 40.5 Å². The van der Waals surface area contributed by atoms with Crippen molar-refractivity contribution in [1.82, 2.24) is 0 Å². The predicted molar refractivity (Wildman–Crippen MR) is 125 cm³/mol. The number of halogens is 8. The number of aryl methyl sites for hydroxylation is 2. The number of benzene rings is 4. The minimum absolute atomic E-state index is 0.00395. The van der Waals surface area contributed by atoms with E-state index in [4.69, 9.17) is 4.74 Å². The lowest BCUT2D eigenvalue weighted by atomic mass is 9.96. The standard InChI is InChI=1S/C28H20F8O2/c1-37-9-8-16-10-21(29)25(22(30)11-16)19-6-7-20-18(14-19)5-4-17(26(20)33)3-2-15-12-23(31)27(24(32)13-15)38-28(34,35)36/h4-7,10-14H,2-3,8-9H2,1H3. The van der Waals surface area contributed by atoms with Gasteiger partial charge in [-0.1, -0.05) is 24.3 Å². The van der Waals surface area contributed by atoms with Crippen LogP contribution < -0.4 is 4.74 Å². The Bertz CT molecular complexity index is 1430. The highest BCUT2D eigenvalue weighted by Gasteiger charge is 2.34.